The average Bonchev–Trinajstić information content (AvgIpc) is 2.50. The van der Waals surface area contributed by atoms with Crippen LogP contribution in [-0.2, 0) is 9.53 Å². The van der Waals surface area contributed by atoms with Gasteiger partial charge in [-0.2, -0.15) is 0 Å². The molecule has 0 spiro atoms. The highest BCUT2D eigenvalue weighted by molar-refractivity contribution is 5.90. The van der Waals surface area contributed by atoms with Crippen LogP contribution in [-0.4, -0.2) is 31.6 Å². The maximum atomic E-state index is 11.6. The minimum Gasteiger partial charge on any atom is -0.462 e. The number of amides is 1. The molecule has 0 aliphatic rings. The van der Waals surface area contributed by atoms with E-state index in [-0.39, 0.29) is 18.4 Å². The zero-order valence-electron chi connectivity index (χ0n) is 12.8. The molecule has 1 aromatic rings. The Kier molecular flexibility index (Phi) is 7.94. The number of esters is 1. The first-order valence-electron chi connectivity index (χ1n) is 7.45. The molecule has 0 heterocycles. The van der Waals surface area contributed by atoms with Crippen LogP contribution in [0.1, 0.15) is 43.5 Å². The van der Waals surface area contributed by atoms with Gasteiger partial charge in [-0.3, -0.25) is 4.79 Å². The third kappa shape index (κ3) is 6.79. The fourth-order valence-electron chi connectivity index (χ4n) is 1.79. The van der Waals surface area contributed by atoms with Crippen LogP contribution in [0.4, 0.5) is 5.69 Å². The van der Waals surface area contributed by atoms with Crippen LogP contribution in [0.15, 0.2) is 24.3 Å². The molecule has 0 atom stereocenters. The van der Waals surface area contributed by atoms with Gasteiger partial charge in [0.05, 0.1) is 18.7 Å². The Labute approximate surface area is 126 Å². The van der Waals surface area contributed by atoms with Crippen LogP contribution in [0, 0.1) is 0 Å². The second-order valence-corrected chi connectivity index (χ2v) is 4.71. The molecule has 0 aromatic heterocycles. The normalized spacial score (nSPS) is 10.0. The number of carbonyl (C=O) groups excluding carboxylic acids is 2. The molecule has 0 radical (unpaired) electrons. The third-order valence-electron chi connectivity index (χ3n) is 2.95. The van der Waals surface area contributed by atoms with Gasteiger partial charge in [-0.1, -0.05) is 19.8 Å². The fourth-order valence-corrected chi connectivity index (χ4v) is 1.79. The predicted molar refractivity (Wildman–Crippen MR) is 83.4 cm³/mol. The number of benzene rings is 1. The number of anilines is 1. The Hall–Kier alpha value is -2.04. The van der Waals surface area contributed by atoms with E-state index in [0.29, 0.717) is 12.2 Å². The molecular weight excluding hydrogens is 268 g/mol. The van der Waals surface area contributed by atoms with Crippen molar-refractivity contribution in [3.05, 3.63) is 29.8 Å². The molecule has 0 saturated heterocycles. The number of rotatable bonds is 9. The van der Waals surface area contributed by atoms with Crippen LogP contribution < -0.4 is 10.6 Å². The average molecular weight is 292 g/mol. The Balaban J connectivity index is 2.32. The van der Waals surface area contributed by atoms with Crippen LogP contribution in [0.25, 0.3) is 0 Å². The summed E-state index contributed by atoms with van der Waals surface area (Å²) in [5, 5.41) is 5.88. The van der Waals surface area contributed by atoms with Gasteiger partial charge in [0.1, 0.15) is 0 Å². The minimum atomic E-state index is -0.335. The highest BCUT2D eigenvalue weighted by atomic mass is 16.5. The quantitative estimate of drug-likeness (QED) is 0.542. The highest BCUT2D eigenvalue weighted by Gasteiger charge is 2.06. The largest absolute Gasteiger partial charge is 0.462 e. The number of hydrogen-bond acceptors (Lipinski definition) is 4. The Morgan fingerprint density at radius 1 is 1.10 bits per heavy atom. The van der Waals surface area contributed by atoms with Gasteiger partial charge in [-0.15, -0.1) is 0 Å². The van der Waals surface area contributed by atoms with E-state index in [0.717, 1.165) is 31.5 Å². The van der Waals surface area contributed by atoms with Crippen molar-refractivity contribution in [3.8, 4) is 0 Å². The Bertz CT molecular complexity index is 443. The first-order chi connectivity index (χ1) is 10.2. The maximum Gasteiger partial charge on any atom is 0.338 e. The molecule has 1 rings (SSSR count). The SMILES string of the molecule is CCCCCNC(=O)CNc1ccc(C(=O)OCC)cc1. The van der Waals surface area contributed by atoms with Gasteiger partial charge >= 0.3 is 5.97 Å². The summed E-state index contributed by atoms with van der Waals surface area (Å²) in [5.74, 6) is -0.363. The predicted octanol–water partition coefficient (Wildman–Crippen LogP) is 2.58. The van der Waals surface area contributed by atoms with E-state index in [4.69, 9.17) is 4.74 Å². The van der Waals surface area contributed by atoms with Gasteiger partial charge in [0.2, 0.25) is 5.91 Å². The standard InChI is InChI=1S/C16H24N2O3/c1-3-5-6-11-17-15(19)12-18-14-9-7-13(8-10-14)16(20)21-4-2/h7-10,18H,3-6,11-12H2,1-2H3,(H,17,19). The molecule has 0 aliphatic carbocycles. The summed E-state index contributed by atoms with van der Waals surface area (Å²) < 4.78 is 4.91. The monoisotopic (exact) mass is 292 g/mol. The fraction of sp³-hybridized carbons (Fsp3) is 0.500. The Morgan fingerprint density at radius 3 is 2.43 bits per heavy atom. The molecule has 0 saturated carbocycles. The summed E-state index contributed by atoms with van der Waals surface area (Å²) in [5.41, 5.74) is 1.30. The molecule has 1 amide bonds. The molecule has 0 aliphatic heterocycles. The van der Waals surface area contributed by atoms with Crippen LogP contribution in [0.2, 0.25) is 0 Å². The van der Waals surface area contributed by atoms with Crippen LogP contribution >= 0.6 is 0 Å². The number of ether oxygens (including phenoxy) is 1. The van der Waals surface area contributed by atoms with Gasteiger partial charge in [0.15, 0.2) is 0 Å². The second-order valence-electron chi connectivity index (χ2n) is 4.71. The van der Waals surface area contributed by atoms with E-state index in [1.165, 1.54) is 0 Å². The highest BCUT2D eigenvalue weighted by Crippen LogP contribution is 2.10. The third-order valence-corrected chi connectivity index (χ3v) is 2.95. The van der Waals surface area contributed by atoms with E-state index < -0.39 is 0 Å². The molecule has 0 unspecified atom stereocenters. The van der Waals surface area contributed by atoms with Crippen molar-refractivity contribution in [2.24, 2.45) is 0 Å². The van der Waals surface area contributed by atoms with E-state index >= 15 is 0 Å². The van der Waals surface area contributed by atoms with Crippen molar-refractivity contribution in [2.45, 2.75) is 33.1 Å². The van der Waals surface area contributed by atoms with E-state index in [1.807, 2.05) is 0 Å². The van der Waals surface area contributed by atoms with Crippen molar-refractivity contribution in [1.29, 1.82) is 0 Å². The second kappa shape index (κ2) is 9.80. The van der Waals surface area contributed by atoms with Crippen molar-refractivity contribution >= 4 is 17.6 Å². The van der Waals surface area contributed by atoms with Gasteiger partial charge in [-0.25, -0.2) is 4.79 Å². The molecule has 5 nitrogen and oxygen atoms in total. The first-order valence-corrected chi connectivity index (χ1v) is 7.45. The lowest BCUT2D eigenvalue weighted by molar-refractivity contribution is -0.119. The van der Waals surface area contributed by atoms with Gasteiger partial charge < -0.3 is 15.4 Å². The molecule has 1 aromatic carbocycles. The maximum absolute atomic E-state index is 11.6. The topological polar surface area (TPSA) is 67.4 Å². The van der Waals surface area contributed by atoms with Gasteiger partial charge in [-0.05, 0) is 37.6 Å². The summed E-state index contributed by atoms with van der Waals surface area (Å²) in [4.78, 5) is 23.1. The summed E-state index contributed by atoms with van der Waals surface area (Å²) >= 11 is 0. The van der Waals surface area contributed by atoms with Crippen molar-refractivity contribution < 1.29 is 14.3 Å². The van der Waals surface area contributed by atoms with E-state index in [1.54, 1.807) is 31.2 Å². The molecular formula is C16H24N2O3. The molecule has 5 heteroatoms. The summed E-state index contributed by atoms with van der Waals surface area (Å²) in [6.07, 6.45) is 3.28. The summed E-state index contributed by atoms with van der Waals surface area (Å²) in [7, 11) is 0. The summed E-state index contributed by atoms with van der Waals surface area (Å²) in [6, 6.07) is 6.88. The lowest BCUT2D eigenvalue weighted by Crippen LogP contribution is -2.30. The molecule has 0 fully saturated rings. The number of carbonyl (C=O) groups is 2. The van der Waals surface area contributed by atoms with Crippen molar-refractivity contribution in [3.63, 3.8) is 0 Å². The van der Waals surface area contributed by atoms with Crippen molar-refractivity contribution in [2.75, 3.05) is 25.0 Å². The first kappa shape index (κ1) is 17.0. The zero-order valence-corrected chi connectivity index (χ0v) is 12.8. The van der Waals surface area contributed by atoms with E-state index in [2.05, 4.69) is 17.6 Å². The van der Waals surface area contributed by atoms with Crippen LogP contribution in [0.5, 0.6) is 0 Å². The minimum absolute atomic E-state index is 0.0272. The number of unbranched alkanes of at least 4 members (excludes halogenated alkanes) is 2. The smallest absolute Gasteiger partial charge is 0.338 e. The lowest BCUT2D eigenvalue weighted by atomic mass is 10.2. The number of nitrogens with one attached hydrogen (secondary N) is 2. The van der Waals surface area contributed by atoms with Gasteiger partial charge in [0, 0.05) is 12.2 Å². The number of hydrogen-bond donors (Lipinski definition) is 2. The lowest BCUT2D eigenvalue weighted by Gasteiger charge is -2.08. The van der Waals surface area contributed by atoms with Crippen molar-refractivity contribution in [1.82, 2.24) is 5.32 Å². The van der Waals surface area contributed by atoms with Gasteiger partial charge in [0.25, 0.3) is 0 Å². The van der Waals surface area contributed by atoms with Crippen LogP contribution in [0.3, 0.4) is 0 Å². The molecule has 2 N–H and O–H groups in total. The molecule has 116 valence electrons. The summed E-state index contributed by atoms with van der Waals surface area (Å²) in [6.45, 7) is 5.20. The zero-order chi connectivity index (χ0) is 15.5. The Morgan fingerprint density at radius 2 is 1.81 bits per heavy atom. The molecule has 21 heavy (non-hydrogen) atoms. The van der Waals surface area contributed by atoms with E-state index in [9.17, 15) is 9.59 Å². The molecule has 0 bridgehead atoms.